The summed E-state index contributed by atoms with van der Waals surface area (Å²) in [5.74, 6) is -0.132. The number of hydrogen-bond donors (Lipinski definition) is 1. The molecule has 0 spiro atoms. The Labute approximate surface area is 131 Å². The van der Waals surface area contributed by atoms with Crippen LogP contribution in [0.3, 0.4) is 0 Å². The highest BCUT2D eigenvalue weighted by Crippen LogP contribution is 2.18. The first-order chi connectivity index (χ1) is 10.3. The summed E-state index contributed by atoms with van der Waals surface area (Å²) in [4.78, 5) is 24.5. The summed E-state index contributed by atoms with van der Waals surface area (Å²) in [7, 11) is 0. The predicted molar refractivity (Wildman–Crippen MR) is 85.1 cm³/mol. The van der Waals surface area contributed by atoms with Crippen molar-refractivity contribution in [2.75, 3.05) is 19.7 Å². The zero-order chi connectivity index (χ0) is 16.7. The molecule has 0 fully saturated rings. The summed E-state index contributed by atoms with van der Waals surface area (Å²) in [5, 5.41) is 8.78. The van der Waals surface area contributed by atoms with E-state index < -0.39 is 5.97 Å². The van der Waals surface area contributed by atoms with E-state index in [0.717, 1.165) is 11.1 Å². The molecule has 0 aliphatic heterocycles. The second-order valence-electron chi connectivity index (χ2n) is 5.93. The van der Waals surface area contributed by atoms with E-state index in [-0.39, 0.29) is 31.4 Å². The van der Waals surface area contributed by atoms with Crippen LogP contribution in [0.15, 0.2) is 18.2 Å². The number of carboxylic acids is 1. The molecule has 0 radical (unpaired) electrons. The molecule has 0 unspecified atom stereocenters. The van der Waals surface area contributed by atoms with Crippen LogP contribution in [0.2, 0.25) is 0 Å². The van der Waals surface area contributed by atoms with Crippen LogP contribution in [-0.4, -0.2) is 41.6 Å². The number of aliphatic carboxylic acids is 1. The maximum absolute atomic E-state index is 12.3. The molecule has 1 N–H and O–H groups in total. The van der Waals surface area contributed by atoms with Crippen molar-refractivity contribution < 1.29 is 19.4 Å². The number of amides is 1. The lowest BCUT2D eigenvalue weighted by atomic mass is 10.1. The van der Waals surface area contributed by atoms with Crippen LogP contribution in [-0.2, 0) is 9.59 Å². The second kappa shape index (κ2) is 8.41. The minimum absolute atomic E-state index is 0.0536. The lowest BCUT2D eigenvalue weighted by molar-refractivity contribution is -0.139. The molecule has 1 amide bonds. The molecule has 5 nitrogen and oxygen atoms in total. The van der Waals surface area contributed by atoms with Crippen molar-refractivity contribution in [3.63, 3.8) is 0 Å². The van der Waals surface area contributed by atoms with Crippen LogP contribution in [0.4, 0.5) is 0 Å². The summed E-state index contributed by atoms with van der Waals surface area (Å²) >= 11 is 0. The van der Waals surface area contributed by atoms with Gasteiger partial charge in [0, 0.05) is 13.1 Å². The first-order valence-corrected chi connectivity index (χ1v) is 7.49. The van der Waals surface area contributed by atoms with E-state index in [1.807, 2.05) is 45.9 Å². The molecular formula is C17H25NO4. The van der Waals surface area contributed by atoms with Gasteiger partial charge in [0.1, 0.15) is 5.75 Å². The highest BCUT2D eigenvalue weighted by molar-refractivity contribution is 5.78. The minimum atomic E-state index is -0.906. The number of aryl methyl sites for hydroxylation is 2. The van der Waals surface area contributed by atoms with Crippen molar-refractivity contribution in [2.45, 2.75) is 34.1 Å². The smallest absolute Gasteiger partial charge is 0.305 e. The molecule has 0 bridgehead atoms. The van der Waals surface area contributed by atoms with Crippen LogP contribution >= 0.6 is 0 Å². The Kier molecular flexibility index (Phi) is 6.89. The van der Waals surface area contributed by atoms with E-state index in [1.165, 1.54) is 0 Å². The van der Waals surface area contributed by atoms with E-state index in [0.29, 0.717) is 12.3 Å². The molecular weight excluding hydrogens is 282 g/mol. The number of nitrogens with zero attached hydrogens (tertiary/aromatic N) is 1. The lowest BCUT2D eigenvalue weighted by Crippen LogP contribution is -2.39. The first kappa shape index (κ1) is 18.0. The minimum Gasteiger partial charge on any atom is -0.484 e. The zero-order valence-corrected chi connectivity index (χ0v) is 13.8. The number of carbonyl (C=O) groups is 2. The maximum Gasteiger partial charge on any atom is 0.305 e. The monoisotopic (exact) mass is 307 g/mol. The van der Waals surface area contributed by atoms with E-state index in [1.54, 1.807) is 4.90 Å². The van der Waals surface area contributed by atoms with Gasteiger partial charge in [0.15, 0.2) is 6.61 Å². The van der Waals surface area contributed by atoms with Gasteiger partial charge in [0.2, 0.25) is 0 Å². The van der Waals surface area contributed by atoms with Gasteiger partial charge in [0.05, 0.1) is 6.42 Å². The van der Waals surface area contributed by atoms with Crippen molar-refractivity contribution in [3.8, 4) is 5.75 Å². The SMILES string of the molecule is Cc1ccc(OCC(=O)N(CCC(=O)O)CC(C)C)c(C)c1. The Balaban J connectivity index is 2.63. The molecule has 0 aliphatic carbocycles. The van der Waals surface area contributed by atoms with Crippen LogP contribution in [0.25, 0.3) is 0 Å². The van der Waals surface area contributed by atoms with Crippen LogP contribution in [0.1, 0.15) is 31.4 Å². The highest BCUT2D eigenvalue weighted by atomic mass is 16.5. The number of carboxylic acid groups (broad SMARTS) is 1. The summed E-state index contributed by atoms with van der Waals surface area (Å²) in [6, 6.07) is 5.78. The van der Waals surface area contributed by atoms with E-state index in [4.69, 9.17) is 9.84 Å². The predicted octanol–water partition coefficient (Wildman–Crippen LogP) is 2.64. The Hall–Kier alpha value is -2.04. The van der Waals surface area contributed by atoms with Crippen LogP contribution in [0.5, 0.6) is 5.75 Å². The van der Waals surface area contributed by atoms with Crippen molar-refractivity contribution >= 4 is 11.9 Å². The molecule has 22 heavy (non-hydrogen) atoms. The molecule has 1 aromatic carbocycles. The Bertz CT molecular complexity index is 525. The Morgan fingerprint density at radius 1 is 1.27 bits per heavy atom. The summed E-state index contributed by atoms with van der Waals surface area (Å²) < 4.78 is 5.58. The molecule has 122 valence electrons. The molecule has 0 heterocycles. The van der Waals surface area contributed by atoms with E-state index in [2.05, 4.69) is 0 Å². The van der Waals surface area contributed by atoms with Crippen LogP contribution < -0.4 is 4.74 Å². The number of benzene rings is 1. The van der Waals surface area contributed by atoms with Gasteiger partial charge in [-0.2, -0.15) is 0 Å². The normalized spacial score (nSPS) is 10.6. The van der Waals surface area contributed by atoms with Crippen molar-refractivity contribution in [3.05, 3.63) is 29.3 Å². The highest BCUT2D eigenvalue weighted by Gasteiger charge is 2.17. The molecule has 0 saturated carbocycles. The number of ether oxygens (including phenoxy) is 1. The molecule has 5 heteroatoms. The van der Waals surface area contributed by atoms with Gasteiger partial charge < -0.3 is 14.7 Å². The topological polar surface area (TPSA) is 66.8 Å². The molecule has 1 rings (SSSR count). The molecule has 0 aromatic heterocycles. The fourth-order valence-corrected chi connectivity index (χ4v) is 2.18. The van der Waals surface area contributed by atoms with Gasteiger partial charge in [-0.05, 0) is 31.4 Å². The average molecular weight is 307 g/mol. The number of carbonyl (C=O) groups excluding carboxylic acids is 1. The lowest BCUT2D eigenvalue weighted by Gasteiger charge is -2.24. The van der Waals surface area contributed by atoms with Gasteiger partial charge >= 0.3 is 5.97 Å². The third-order valence-corrected chi connectivity index (χ3v) is 3.22. The summed E-state index contributed by atoms with van der Waals surface area (Å²) in [6.07, 6.45) is -0.0536. The summed E-state index contributed by atoms with van der Waals surface area (Å²) in [5.41, 5.74) is 2.12. The van der Waals surface area contributed by atoms with E-state index >= 15 is 0 Å². The van der Waals surface area contributed by atoms with Crippen LogP contribution in [0, 0.1) is 19.8 Å². The maximum atomic E-state index is 12.3. The third kappa shape index (κ3) is 6.16. The zero-order valence-electron chi connectivity index (χ0n) is 13.8. The van der Waals surface area contributed by atoms with Gasteiger partial charge in [-0.25, -0.2) is 0 Å². The third-order valence-electron chi connectivity index (χ3n) is 3.22. The van der Waals surface area contributed by atoms with E-state index in [9.17, 15) is 9.59 Å². The fourth-order valence-electron chi connectivity index (χ4n) is 2.18. The first-order valence-electron chi connectivity index (χ1n) is 7.49. The fraction of sp³-hybridized carbons (Fsp3) is 0.529. The van der Waals surface area contributed by atoms with Crippen molar-refractivity contribution in [1.29, 1.82) is 0 Å². The standard InChI is InChI=1S/C17H25NO4/c1-12(2)10-18(8-7-17(20)21)16(19)11-22-15-6-5-13(3)9-14(15)4/h5-6,9,12H,7-8,10-11H2,1-4H3,(H,20,21). The quantitative estimate of drug-likeness (QED) is 0.802. The Morgan fingerprint density at radius 2 is 1.95 bits per heavy atom. The largest absolute Gasteiger partial charge is 0.484 e. The van der Waals surface area contributed by atoms with Crippen molar-refractivity contribution in [1.82, 2.24) is 4.90 Å². The van der Waals surface area contributed by atoms with Crippen molar-refractivity contribution in [2.24, 2.45) is 5.92 Å². The van der Waals surface area contributed by atoms with Gasteiger partial charge in [-0.15, -0.1) is 0 Å². The summed E-state index contributed by atoms with van der Waals surface area (Å²) in [6.45, 7) is 8.58. The van der Waals surface area contributed by atoms with Gasteiger partial charge in [-0.1, -0.05) is 31.5 Å². The Morgan fingerprint density at radius 3 is 2.50 bits per heavy atom. The average Bonchev–Trinajstić information content (AvgIpc) is 2.41. The molecule has 0 atom stereocenters. The van der Waals surface area contributed by atoms with Gasteiger partial charge in [0.25, 0.3) is 5.91 Å². The number of rotatable bonds is 8. The number of hydrogen-bond acceptors (Lipinski definition) is 3. The van der Waals surface area contributed by atoms with Gasteiger partial charge in [-0.3, -0.25) is 9.59 Å². The second-order valence-corrected chi connectivity index (χ2v) is 5.93. The molecule has 0 saturated heterocycles. The molecule has 1 aromatic rings. The molecule has 0 aliphatic rings.